The monoisotopic (exact) mass is 450 g/mol. The highest BCUT2D eigenvalue weighted by molar-refractivity contribution is 7.37. The number of benzene rings is 1. The Bertz CT molecular complexity index is 1100. The first kappa shape index (κ1) is 21.3. The van der Waals surface area contributed by atoms with Gasteiger partial charge in [0, 0.05) is 5.56 Å². The lowest BCUT2D eigenvalue weighted by molar-refractivity contribution is -0.0545. The molecule has 31 heavy (non-hydrogen) atoms. The molecule has 1 aliphatic heterocycles. The molecule has 3 N–H and O–H groups in total. The second kappa shape index (κ2) is 9.08. The number of ether oxygens (including phenoxy) is 2. The number of aliphatic hydroxyl groups is 1. The van der Waals surface area contributed by atoms with Crippen LogP contribution in [0, 0.1) is 0 Å². The van der Waals surface area contributed by atoms with E-state index in [1.807, 2.05) is 0 Å². The maximum Gasteiger partial charge on any atom is 0.534 e. The van der Waals surface area contributed by atoms with E-state index in [0.717, 1.165) is 0 Å². The molecule has 1 amide bonds. The molecule has 1 aliphatic rings. The van der Waals surface area contributed by atoms with Crippen molar-refractivity contribution in [3.8, 4) is 0 Å². The van der Waals surface area contributed by atoms with E-state index >= 15 is 4.39 Å². The number of nitrogens with zero attached hydrogens (tertiary/aromatic N) is 4. The minimum Gasteiger partial charge on any atom is -0.394 e. The number of anilines is 1. The van der Waals surface area contributed by atoms with E-state index in [-0.39, 0.29) is 17.0 Å². The van der Waals surface area contributed by atoms with Gasteiger partial charge in [0.1, 0.15) is 18.5 Å². The molecule has 5 atom stereocenters. The average Bonchev–Trinajstić information content (AvgIpc) is 3.34. The van der Waals surface area contributed by atoms with Gasteiger partial charge in [-0.2, -0.15) is 4.89 Å². The molecule has 13 heteroatoms. The maximum atomic E-state index is 15.1. The highest BCUT2D eigenvalue weighted by Crippen LogP contribution is 2.36. The number of amides is 1. The second-order valence-electron chi connectivity index (χ2n) is 6.67. The first-order valence-corrected chi connectivity index (χ1v) is 10.6. The Hall–Kier alpha value is -2.89. The zero-order valence-corrected chi connectivity index (χ0v) is 16.8. The van der Waals surface area contributed by atoms with Crippen molar-refractivity contribution in [2.24, 2.45) is 0 Å². The molecule has 0 spiro atoms. The van der Waals surface area contributed by atoms with E-state index in [1.54, 1.807) is 30.3 Å². The molecule has 1 fully saturated rings. The Morgan fingerprint density at radius 1 is 1.29 bits per heavy atom. The Morgan fingerprint density at radius 3 is 2.77 bits per heavy atom. The van der Waals surface area contributed by atoms with Crippen molar-refractivity contribution in [2.45, 2.75) is 24.6 Å². The van der Waals surface area contributed by atoms with Crippen molar-refractivity contribution in [2.75, 3.05) is 18.3 Å². The van der Waals surface area contributed by atoms with Crippen LogP contribution in [0.4, 0.5) is 10.2 Å². The van der Waals surface area contributed by atoms with Crippen LogP contribution in [0.1, 0.15) is 16.6 Å². The fourth-order valence-electron chi connectivity index (χ4n) is 3.31. The summed E-state index contributed by atoms with van der Waals surface area (Å²) >= 11 is 0. The Labute approximate surface area is 175 Å². The third-order valence-electron chi connectivity index (χ3n) is 4.73. The lowest BCUT2D eigenvalue weighted by Crippen LogP contribution is -2.33. The van der Waals surface area contributed by atoms with E-state index in [0.29, 0.717) is 5.56 Å². The predicted molar refractivity (Wildman–Crippen MR) is 105 cm³/mol. The number of hydrogen-bond donors (Lipinski definition) is 3. The molecule has 0 radical (unpaired) electrons. The number of imidazole rings is 1. The number of alkyl halides is 1. The molecule has 1 aromatic carbocycles. The van der Waals surface area contributed by atoms with Crippen molar-refractivity contribution in [1.82, 2.24) is 19.5 Å². The van der Waals surface area contributed by atoms with Crippen molar-refractivity contribution in [1.29, 1.82) is 0 Å². The van der Waals surface area contributed by atoms with Gasteiger partial charge in [-0.25, -0.2) is 19.3 Å². The van der Waals surface area contributed by atoms with Crippen LogP contribution in [0.25, 0.3) is 11.2 Å². The summed E-state index contributed by atoms with van der Waals surface area (Å²) in [7, 11) is -2.64. The summed E-state index contributed by atoms with van der Waals surface area (Å²) in [6.45, 7) is -0.552. The number of aromatic nitrogens is 4. The van der Waals surface area contributed by atoms with Gasteiger partial charge in [0.15, 0.2) is 29.4 Å². The van der Waals surface area contributed by atoms with E-state index in [9.17, 15) is 14.5 Å². The zero-order chi connectivity index (χ0) is 22.0. The maximum absolute atomic E-state index is 15.1. The third-order valence-corrected chi connectivity index (χ3v) is 5.10. The van der Waals surface area contributed by atoms with Crippen LogP contribution in [-0.2, 0) is 14.0 Å². The molecule has 1 saturated heterocycles. The quantitative estimate of drug-likeness (QED) is 0.454. The van der Waals surface area contributed by atoms with Crippen molar-refractivity contribution in [3.63, 3.8) is 0 Å². The van der Waals surface area contributed by atoms with Gasteiger partial charge < -0.3 is 19.9 Å². The van der Waals surface area contributed by atoms with Crippen LogP contribution in [0.2, 0.25) is 0 Å². The highest BCUT2D eigenvalue weighted by atomic mass is 31.1. The Kier molecular flexibility index (Phi) is 6.25. The number of hydrogen-bond acceptors (Lipinski definition) is 8. The van der Waals surface area contributed by atoms with Crippen LogP contribution in [-0.4, -0.2) is 66.8 Å². The number of halogens is 1. The summed E-state index contributed by atoms with van der Waals surface area (Å²) in [4.78, 5) is 33.7. The summed E-state index contributed by atoms with van der Waals surface area (Å²) in [6, 6.07) is 8.51. The van der Waals surface area contributed by atoms with Gasteiger partial charge in [-0.3, -0.25) is 9.36 Å². The van der Waals surface area contributed by atoms with Gasteiger partial charge >= 0.3 is 8.03 Å². The van der Waals surface area contributed by atoms with Crippen LogP contribution in [0.15, 0.2) is 43.0 Å². The number of carbonyl (C=O) groups is 1. The molecule has 4 rings (SSSR count). The van der Waals surface area contributed by atoms with E-state index < -0.39 is 51.5 Å². The van der Waals surface area contributed by atoms with Crippen LogP contribution in [0.5, 0.6) is 0 Å². The van der Waals surface area contributed by atoms with Gasteiger partial charge in [-0.15, -0.1) is 0 Å². The first-order chi connectivity index (χ1) is 15.0. The lowest BCUT2D eigenvalue weighted by Gasteiger charge is -2.16. The number of fused-ring (bicyclic) bond motifs is 1. The zero-order valence-electron chi connectivity index (χ0n) is 15.9. The normalized spacial score (nSPS) is 23.8. The second-order valence-corrected chi connectivity index (χ2v) is 7.63. The summed E-state index contributed by atoms with van der Waals surface area (Å²) in [5.41, 5.74) is 0.826. The standard InChI is InChI=1S/C18H17FN5O6P/c19-12-14(29-9-31(27)28)11(6-25)30-18(12)24-8-22-13-15(20-7-21-16(13)24)23-17(26)10-4-2-1-3-5-10/h1-5,7-8,11-12,14,18,25H,6,9H2,(H-,20,21,23,26,27,28)/p+1/t11-,12+,14?,18-/m1/s1. The highest BCUT2D eigenvalue weighted by Gasteiger charge is 2.48. The van der Waals surface area contributed by atoms with Gasteiger partial charge in [-0.05, 0) is 16.7 Å². The summed E-state index contributed by atoms with van der Waals surface area (Å²) in [5.74, 6) is -0.266. The molecular formula is C18H18FN5O6P+. The molecule has 0 bridgehead atoms. The van der Waals surface area contributed by atoms with Crippen molar-refractivity contribution in [3.05, 3.63) is 48.5 Å². The number of carbonyl (C=O) groups excluding carboxylic acids is 1. The van der Waals surface area contributed by atoms with Crippen molar-refractivity contribution < 1.29 is 33.2 Å². The minimum atomic E-state index is -2.64. The topological polar surface area (TPSA) is 149 Å². The molecule has 11 nitrogen and oxygen atoms in total. The van der Waals surface area contributed by atoms with Crippen LogP contribution in [0.3, 0.4) is 0 Å². The van der Waals surface area contributed by atoms with E-state index in [4.69, 9.17) is 14.4 Å². The van der Waals surface area contributed by atoms with E-state index in [1.165, 1.54) is 17.2 Å². The van der Waals surface area contributed by atoms with Crippen LogP contribution >= 0.6 is 8.03 Å². The Morgan fingerprint density at radius 2 is 2.06 bits per heavy atom. The number of aliphatic hydroxyl groups excluding tert-OH is 1. The summed E-state index contributed by atoms with van der Waals surface area (Å²) in [5, 5.41) is 12.1. The fourth-order valence-corrected chi connectivity index (χ4v) is 3.61. The fraction of sp³-hybridized carbons (Fsp3) is 0.333. The predicted octanol–water partition coefficient (Wildman–Crippen LogP) is 1.38. The smallest absolute Gasteiger partial charge is 0.394 e. The minimum absolute atomic E-state index is 0.134. The SMILES string of the molecule is O=C(Nc1ncnc2c1ncn2[C@@H]1O[C@H](CO)C(OC[P+](=O)O)[C@@H]1F)c1ccccc1. The molecule has 0 aliphatic carbocycles. The molecule has 3 heterocycles. The molecule has 2 unspecified atom stereocenters. The molecule has 162 valence electrons. The molecule has 3 aromatic rings. The lowest BCUT2D eigenvalue weighted by atomic mass is 10.1. The van der Waals surface area contributed by atoms with Gasteiger partial charge in [-0.1, -0.05) is 18.2 Å². The molecule has 2 aromatic heterocycles. The third kappa shape index (κ3) is 4.29. The van der Waals surface area contributed by atoms with E-state index in [2.05, 4.69) is 20.3 Å². The Balaban J connectivity index is 1.60. The first-order valence-electron chi connectivity index (χ1n) is 9.19. The number of rotatable bonds is 7. The van der Waals surface area contributed by atoms with Gasteiger partial charge in [0.05, 0.1) is 12.9 Å². The average molecular weight is 450 g/mol. The molecular weight excluding hydrogens is 432 g/mol. The largest absolute Gasteiger partial charge is 0.534 e. The summed E-state index contributed by atoms with van der Waals surface area (Å²) < 4.78 is 37.9. The van der Waals surface area contributed by atoms with Crippen molar-refractivity contribution >= 4 is 30.9 Å². The number of nitrogens with one attached hydrogen (secondary N) is 1. The van der Waals surface area contributed by atoms with Gasteiger partial charge in [0.25, 0.3) is 12.3 Å². The molecule has 0 saturated carbocycles. The van der Waals surface area contributed by atoms with Gasteiger partial charge in [0.2, 0.25) is 0 Å². The van der Waals surface area contributed by atoms with Crippen LogP contribution < -0.4 is 5.32 Å². The summed E-state index contributed by atoms with van der Waals surface area (Å²) in [6.07, 6.45) is -3.45.